The summed E-state index contributed by atoms with van der Waals surface area (Å²) in [5.41, 5.74) is 2.39. The number of hydrogen-bond donors (Lipinski definition) is 2. The first-order valence-electron chi connectivity index (χ1n) is 7.36. The highest BCUT2D eigenvalue weighted by Gasteiger charge is 2.53. The van der Waals surface area contributed by atoms with E-state index in [-0.39, 0.29) is 11.1 Å². The van der Waals surface area contributed by atoms with E-state index in [1.807, 2.05) is 6.92 Å². The summed E-state index contributed by atoms with van der Waals surface area (Å²) in [4.78, 5) is 11.4. The van der Waals surface area contributed by atoms with Crippen LogP contribution in [-0.2, 0) is 5.41 Å². The van der Waals surface area contributed by atoms with Crippen LogP contribution in [0.4, 0.5) is 0 Å². The minimum absolute atomic E-state index is 0.111. The van der Waals surface area contributed by atoms with Crippen molar-refractivity contribution in [3.63, 3.8) is 0 Å². The number of aromatic amines is 1. The van der Waals surface area contributed by atoms with Crippen molar-refractivity contribution in [3.05, 3.63) is 17.0 Å². The summed E-state index contributed by atoms with van der Waals surface area (Å²) < 4.78 is 0. The molecule has 4 aliphatic carbocycles. The molecule has 1 aromatic heterocycles. The van der Waals surface area contributed by atoms with E-state index in [0.717, 1.165) is 29.0 Å². The summed E-state index contributed by atoms with van der Waals surface area (Å²) in [5.74, 6) is 1.58. The van der Waals surface area contributed by atoms with Gasteiger partial charge >= 0.3 is 5.97 Å². The first kappa shape index (κ1) is 11.5. The highest BCUT2D eigenvalue weighted by atomic mass is 16.4. The number of nitrogens with one attached hydrogen (secondary N) is 1. The Kier molecular flexibility index (Phi) is 2.19. The Morgan fingerprint density at radius 1 is 1.21 bits per heavy atom. The third kappa shape index (κ3) is 1.52. The fourth-order valence-corrected chi connectivity index (χ4v) is 5.65. The Bertz CT molecular complexity index is 511. The third-order valence-electron chi connectivity index (χ3n) is 5.72. The molecule has 2 N–H and O–H groups in total. The number of aryl methyl sites for hydroxylation is 1. The molecule has 102 valence electrons. The van der Waals surface area contributed by atoms with Gasteiger partial charge in [0.2, 0.25) is 0 Å². The van der Waals surface area contributed by atoms with Gasteiger partial charge in [-0.1, -0.05) is 0 Å². The minimum atomic E-state index is -0.880. The second-order valence-electron chi connectivity index (χ2n) is 7.08. The number of nitrogens with zero attached hydrogens (tertiary/aromatic N) is 1. The van der Waals surface area contributed by atoms with Gasteiger partial charge in [0, 0.05) is 16.7 Å². The Balaban J connectivity index is 1.84. The van der Waals surface area contributed by atoms with E-state index in [2.05, 4.69) is 10.2 Å². The summed E-state index contributed by atoms with van der Waals surface area (Å²) >= 11 is 0. The summed E-state index contributed by atoms with van der Waals surface area (Å²) in [6, 6.07) is 0. The SMILES string of the molecule is Cc1[nH]nc(C(=O)O)c1C12CC3CC(CC(C3)C1)C2. The summed E-state index contributed by atoms with van der Waals surface area (Å²) in [7, 11) is 0. The monoisotopic (exact) mass is 260 g/mol. The minimum Gasteiger partial charge on any atom is -0.476 e. The van der Waals surface area contributed by atoms with Gasteiger partial charge in [-0.2, -0.15) is 5.10 Å². The van der Waals surface area contributed by atoms with Crippen LogP contribution < -0.4 is 0 Å². The molecule has 0 amide bonds. The van der Waals surface area contributed by atoms with Gasteiger partial charge < -0.3 is 5.11 Å². The largest absolute Gasteiger partial charge is 0.476 e. The Hall–Kier alpha value is -1.32. The van der Waals surface area contributed by atoms with Crippen LogP contribution in [0.5, 0.6) is 0 Å². The smallest absolute Gasteiger partial charge is 0.356 e. The molecule has 4 fully saturated rings. The maximum atomic E-state index is 11.4. The second kappa shape index (κ2) is 3.62. The van der Waals surface area contributed by atoms with Crippen LogP contribution in [-0.4, -0.2) is 21.3 Å². The van der Waals surface area contributed by atoms with Crippen LogP contribution in [0.1, 0.15) is 60.3 Å². The first-order valence-corrected chi connectivity index (χ1v) is 7.36. The quantitative estimate of drug-likeness (QED) is 0.859. The molecule has 0 radical (unpaired) electrons. The fraction of sp³-hybridized carbons (Fsp3) is 0.733. The van der Waals surface area contributed by atoms with Crippen molar-refractivity contribution in [2.45, 2.75) is 50.9 Å². The maximum Gasteiger partial charge on any atom is 0.356 e. The topological polar surface area (TPSA) is 66.0 Å². The van der Waals surface area contributed by atoms with Crippen molar-refractivity contribution >= 4 is 5.97 Å². The van der Waals surface area contributed by atoms with Crippen molar-refractivity contribution in [3.8, 4) is 0 Å². The zero-order chi connectivity index (χ0) is 13.2. The van der Waals surface area contributed by atoms with E-state index in [9.17, 15) is 9.90 Å². The fourth-order valence-electron chi connectivity index (χ4n) is 5.65. The van der Waals surface area contributed by atoms with Gasteiger partial charge in [-0.3, -0.25) is 5.10 Å². The second-order valence-corrected chi connectivity index (χ2v) is 7.08. The molecule has 0 saturated heterocycles. The average molecular weight is 260 g/mol. The van der Waals surface area contributed by atoms with Gasteiger partial charge in [-0.25, -0.2) is 4.79 Å². The molecule has 4 nitrogen and oxygen atoms in total. The lowest BCUT2D eigenvalue weighted by atomic mass is 9.48. The molecular weight excluding hydrogens is 240 g/mol. The lowest BCUT2D eigenvalue weighted by Gasteiger charge is -2.57. The van der Waals surface area contributed by atoms with Crippen LogP contribution in [0.2, 0.25) is 0 Å². The lowest BCUT2D eigenvalue weighted by Crippen LogP contribution is -2.49. The molecule has 0 spiro atoms. The molecule has 4 heteroatoms. The van der Waals surface area contributed by atoms with Crippen molar-refractivity contribution in [2.24, 2.45) is 17.8 Å². The molecule has 1 heterocycles. The van der Waals surface area contributed by atoms with Gasteiger partial charge in [-0.05, 0) is 63.2 Å². The Morgan fingerprint density at radius 3 is 2.21 bits per heavy atom. The molecule has 0 aliphatic heterocycles. The number of aromatic nitrogens is 2. The lowest BCUT2D eigenvalue weighted by molar-refractivity contribution is -0.00609. The number of hydrogen-bond acceptors (Lipinski definition) is 2. The Morgan fingerprint density at radius 2 is 1.74 bits per heavy atom. The third-order valence-corrected chi connectivity index (χ3v) is 5.72. The van der Waals surface area contributed by atoms with Gasteiger partial charge in [-0.15, -0.1) is 0 Å². The first-order chi connectivity index (χ1) is 9.07. The predicted molar refractivity (Wildman–Crippen MR) is 70.1 cm³/mol. The zero-order valence-corrected chi connectivity index (χ0v) is 11.3. The van der Waals surface area contributed by atoms with Gasteiger partial charge in [0.1, 0.15) is 0 Å². The van der Waals surface area contributed by atoms with E-state index in [1.54, 1.807) is 0 Å². The van der Waals surface area contributed by atoms with E-state index < -0.39 is 5.97 Å². The summed E-state index contributed by atoms with van der Waals surface area (Å²) in [6.07, 6.45) is 7.66. The predicted octanol–water partition coefficient (Wildman–Crippen LogP) is 2.88. The molecule has 4 saturated carbocycles. The highest BCUT2D eigenvalue weighted by molar-refractivity contribution is 5.88. The van der Waals surface area contributed by atoms with Crippen molar-refractivity contribution in [1.82, 2.24) is 10.2 Å². The molecule has 19 heavy (non-hydrogen) atoms. The van der Waals surface area contributed by atoms with Crippen LogP contribution >= 0.6 is 0 Å². The number of aromatic carboxylic acids is 1. The van der Waals surface area contributed by atoms with Crippen molar-refractivity contribution < 1.29 is 9.90 Å². The van der Waals surface area contributed by atoms with Gasteiger partial charge in [0.15, 0.2) is 5.69 Å². The molecule has 0 unspecified atom stereocenters. The molecule has 1 aromatic rings. The maximum absolute atomic E-state index is 11.4. The molecule has 5 rings (SSSR count). The molecule has 0 atom stereocenters. The Labute approximate surface area is 112 Å². The van der Waals surface area contributed by atoms with Crippen LogP contribution in [0.25, 0.3) is 0 Å². The van der Waals surface area contributed by atoms with Crippen molar-refractivity contribution in [2.75, 3.05) is 0 Å². The number of carboxylic acids is 1. The van der Waals surface area contributed by atoms with Crippen molar-refractivity contribution in [1.29, 1.82) is 0 Å². The van der Waals surface area contributed by atoms with Crippen LogP contribution in [0, 0.1) is 24.7 Å². The molecular formula is C15H20N2O2. The molecule has 0 aromatic carbocycles. The van der Waals surface area contributed by atoms with Gasteiger partial charge in [0.05, 0.1) is 0 Å². The molecule has 4 bridgehead atoms. The zero-order valence-electron chi connectivity index (χ0n) is 11.3. The number of carbonyl (C=O) groups is 1. The van der Waals surface area contributed by atoms with Crippen LogP contribution in [0.15, 0.2) is 0 Å². The number of H-pyrrole nitrogens is 1. The van der Waals surface area contributed by atoms with E-state index in [1.165, 1.54) is 38.5 Å². The summed E-state index contributed by atoms with van der Waals surface area (Å²) in [6.45, 7) is 1.98. The number of rotatable bonds is 2. The van der Waals surface area contributed by atoms with E-state index in [4.69, 9.17) is 0 Å². The number of carboxylic acid groups (broad SMARTS) is 1. The highest BCUT2D eigenvalue weighted by Crippen LogP contribution is 2.61. The van der Waals surface area contributed by atoms with E-state index in [0.29, 0.717) is 0 Å². The summed E-state index contributed by atoms with van der Waals surface area (Å²) in [5, 5.41) is 16.4. The van der Waals surface area contributed by atoms with E-state index >= 15 is 0 Å². The average Bonchev–Trinajstić information content (AvgIpc) is 2.70. The van der Waals surface area contributed by atoms with Gasteiger partial charge in [0.25, 0.3) is 0 Å². The standard InChI is InChI=1S/C15H20N2O2/c1-8-12(13(14(18)19)17-16-8)15-5-9-2-10(6-15)4-11(3-9)7-15/h9-11H,2-7H2,1H3,(H,16,17)(H,18,19). The van der Waals surface area contributed by atoms with Crippen LogP contribution in [0.3, 0.4) is 0 Å². The molecule has 4 aliphatic rings. The normalized spacial score (nSPS) is 39.7.